The largest absolute Gasteiger partial charge is 0.423 e. The molecule has 1 aromatic rings. The molecule has 0 unspecified atom stereocenters. The Kier molecular flexibility index (Phi) is 5.55. The van der Waals surface area contributed by atoms with Gasteiger partial charge in [0.15, 0.2) is 0 Å². The minimum Gasteiger partial charge on any atom is -0.423 e. The summed E-state index contributed by atoms with van der Waals surface area (Å²) >= 11 is 0. The van der Waals surface area contributed by atoms with Gasteiger partial charge in [-0.1, -0.05) is 48.6 Å². The average molecular weight is 254 g/mol. The lowest BCUT2D eigenvalue weighted by atomic mass is 10.1. The maximum atomic E-state index is 11.9. The highest BCUT2D eigenvalue weighted by atomic mass is 16.5. The van der Waals surface area contributed by atoms with Crippen molar-refractivity contribution in [2.75, 3.05) is 0 Å². The first-order valence-electron chi connectivity index (χ1n) is 5.99. The first-order valence-corrected chi connectivity index (χ1v) is 5.99. The number of allylic oxidation sites excluding steroid dienone is 5. The van der Waals surface area contributed by atoms with Gasteiger partial charge in [0, 0.05) is 0 Å². The molecule has 0 spiro atoms. The van der Waals surface area contributed by atoms with Crippen molar-refractivity contribution >= 4 is 5.97 Å². The van der Waals surface area contributed by atoms with Crippen molar-refractivity contribution in [3.63, 3.8) is 0 Å². The van der Waals surface area contributed by atoms with Crippen LogP contribution in [0.3, 0.4) is 0 Å². The summed E-state index contributed by atoms with van der Waals surface area (Å²) in [5.74, 6) is 0.0163. The summed E-state index contributed by atoms with van der Waals surface area (Å²) in [7, 11) is 0. The van der Waals surface area contributed by atoms with Crippen LogP contribution in [0.1, 0.15) is 22.8 Å². The van der Waals surface area contributed by atoms with Crippen molar-refractivity contribution < 1.29 is 9.53 Å². The lowest BCUT2D eigenvalue weighted by molar-refractivity contribution is 0.0637. The van der Waals surface area contributed by atoms with Crippen molar-refractivity contribution in [3.05, 3.63) is 84.2 Å². The van der Waals surface area contributed by atoms with Crippen molar-refractivity contribution in [2.24, 2.45) is 0 Å². The van der Waals surface area contributed by atoms with E-state index < -0.39 is 5.97 Å². The van der Waals surface area contributed by atoms with Crippen LogP contribution < -0.4 is 0 Å². The SMILES string of the molecule is C=C/C(C)=C\C=C(/C=C)OC(=O)c1ccc(C)cc1. The van der Waals surface area contributed by atoms with Gasteiger partial charge in [0.25, 0.3) is 0 Å². The maximum Gasteiger partial charge on any atom is 0.343 e. The Morgan fingerprint density at radius 1 is 1.11 bits per heavy atom. The quantitative estimate of drug-likeness (QED) is 0.443. The summed E-state index contributed by atoms with van der Waals surface area (Å²) in [6, 6.07) is 7.22. The molecule has 0 aliphatic carbocycles. The van der Waals surface area contributed by atoms with E-state index in [1.54, 1.807) is 24.3 Å². The van der Waals surface area contributed by atoms with Gasteiger partial charge in [0.2, 0.25) is 0 Å². The molecule has 0 aliphatic rings. The van der Waals surface area contributed by atoms with Gasteiger partial charge in [-0.05, 0) is 38.1 Å². The van der Waals surface area contributed by atoms with Gasteiger partial charge in [-0.25, -0.2) is 4.79 Å². The molecule has 0 heterocycles. The van der Waals surface area contributed by atoms with Crippen LogP contribution >= 0.6 is 0 Å². The van der Waals surface area contributed by atoms with Gasteiger partial charge < -0.3 is 4.74 Å². The highest BCUT2D eigenvalue weighted by molar-refractivity contribution is 5.90. The molecule has 0 N–H and O–H groups in total. The zero-order valence-electron chi connectivity index (χ0n) is 11.3. The molecule has 98 valence electrons. The number of benzene rings is 1. The minimum atomic E-state index is -0.393. The second-order valence-corrected chi connectivity index (χ2v) is 4.14. The summed E-state index contributed by atoms with van der Waals surface area (Å²) < 4.78 is 5.25. The summed E-state index contributed by atoms with van der Waals surface area (Å²) in [6.07, 6.45) is 6.72. The van der Waals surface area contributed by atoms with E-state index in [1.807, 2.05) is 32.1 Å². The van der Waals surface area contributed by atoms with E-state index in [1.165, 1.54) is 6.08 Å². The average Bonchev–Trinajstić information content (AvgIpc) is 2.43. The molecule has 2 heteroatoms. The first-order chi connectivity index (χ1) is 9.06. The molecular formula is C17H18O2. The summed E-state index contributed by atoms with van der Waals surface area (Å²) in [5, 5.41) is 0. The van der Waals surface area contributed by atoms with Crippen LogP contribution in [0.2, 0.25) is 0 Å². The van der Waals surface area contributed by atoms with Crippen molar-refractivity contribution in [1.82, 2.24) is 0 Å². The Hall–Kier alpha value is -2.35. The van der Waals surface area contributed by atoms with Gasteiger partial charge >= 0.3 is 5.97 Å². The zero-order chi connectivity index (χ0) is 14.3. The van der Waals surface area contributed by atoms with Crippen LogP contribution in [-0.4, -0.2) is 5.97 Å². The second kappa shape index (κ2) is 7.17. The Labute approximate surface area is 114 Å². The number of carbonyl (C=O) groups is 1. The predicted molar refractivity (Wildman–Crippen MR) is 78.8 cm³/mol. The fourth-order valence-electron chi connectivity index (χ4n) is 1.28. The van der Waals surface area contributed by atoms with E-state index in [9.17, 15) is 4.79 Å². The van der Waals surface area contributed by atoms with Gasteiger partial charge in [-0.15, -0.1) is 0 Å². The molecule has 0 saturated carbocycles. The van der Waals surface area contributed by atoms with E-state index in [4.69, 9.17) is 4.74 Å². The number of ether oxygens (including phenoxy) is 1. The molecule has 0 aromatic heterocycles. The van der Waals surface area contributed by atoms with Gasteiger partial charge in [0.05, 0.1) is 5.56 Å². The second-order valence-electron chi connectivity index (χ2n) is 4.14. The van der Waals surface area contributed by atoms with E-state index in [0.29, 0.717) is 11.3 Å². The molecule has 2 nitrogen and oxygen atoms in total. The number of hydrogen-bond donors (Lipinski definition) is 0. The number of carbonyl (C=O) groups excluding carboxylic acids is 1. The zero-order valence-corrected chi connectivity index (χ0v) is 11.3. The van der Waals surface area contributed by atoms with Crippen LogP contribution in [0, 0.1) is 6.92 Å². The lowest BCUT2D eigenvalue weighted by Crippen LogP contribution is -2.03. The van der Waals surface area contributed by atoms with Crippen molar-refractivity contribution in [3.8, 4) is 0 Å². The third-order valence-electron chi connectivity index (χ3n) is 2.53. The Morgan fingerprint density at radius 2 is 1.74 bits per heavy atom. The molecule has 0 atom stereocenters. The summed E-state index contributed by atoms with van der Waals surface area (Å²) in [5.41, 5.74) is 2.59. The molecule has 0 amide bonds. The van der Waals surface area contributed by atoms with Gasteiger partial charge in [0.1, 0.15) is 5.76 Å². The number of hydrogen-bond acceptors (Lipinski definition) is 2. The van der Waals surface area contributed by atoms with E-state index in [0.717, 1.165) is 11.1 Å². The first kappa shape index (κ1) is 14.7. The van der Waals surface area contributed by atoms with Gasteiger partial charge in [-0.2, -0.15) is 0 Å². The predicted octanol–water partition coefficient (Wildman–Crippen LogP) is 4.35. The van der Waals surface area contributed by atoms with E-state index in [-0.39, 0.29) is 0 Å². The monoisotopic (exact) mass is 254 g/mol. The number of aryl methyl sites for hydroxylation is 1. The Bertz CT molecular complexity index is 531. The third-order valence-corrected chi connectivity index (χ3v) is 2.53. The highest BCUT2D eigenvalue weighted by Gasteiger charge is 2.07. The van der Waals surface area contributed by atoms with E-state index in [2.05, 4.69) is 13.2 Å². The fourth-order valence-corrected chi connectivity index (χ4v) is 1.28. The molecule has 0 radical (unpaired) electrons. The topological polar surface area (TPSA) is 26.3 Å². The molecule has 1 rings (SSSR count). The van der Waals surface area contributed by atoms with Crippen LogP contribution in [0.25, 0.3) is 0 Å². The Balaban J connectivity index is 2.81. The van der Waals surface area contributed by atoms with Crippen LogP contribution in [0.4, 0.5) is 0 Å². The highest BCUT2D eigenvalue weighted by Crippen LogP contribution is 2.09. The summed E-state index contributed by atoms with van der Waals surface area (Å²) in [4.78, 5) is 11.9. The molecule has 0 fully saturated rings. The summed E-state index contributed by atoms with van der Waals surface area (Å²) in [6.45, 7) is 11.1. The fraction of sp³-hybridized carbons (Fsp3) is 0.118. The standard InChI is InChI=1S/C17H18O2/c1-5-13(3)9-12-16(6-2)19-17(18)15-10-7-14(4)8-11-15/h5-12H,1-2H2,3-4H3/b13-9-,16-12+. The lowest BCUT2D eigenvalue weighted by Gasteiger charge is -2.04. The number of esters is 1. The van der Waals surface area contributed by atoms with Gasteiger partial charge in [-0.3, -0.25) is 0 Å². The molecular weight excluding hydrogens is 236 g/mol. The van der Waals surface area contributed by atoms with Crippen LogP contribution in [-0.2, 0) is 4.74 Å². The molecule has 19 heavy (non-hydrogen) atoms. The Morgan fingerprint density at radius 3 is 2.26 bits per heavy atom. The molecule has 1 aromatic carbocycles. The van der Waals surface area contributed by atoms with Crippen molar-refractivity contribution in [1.29, 1.82) is 0 Å². The third kappa shape index (κ3) is 4.80. The van der Waals surface area contributed by atoms with Crippen LogP contribution in [0.15, 0.2) is 73.1 Å². The smallest absolute Gasteiger partial charge is 0.343 e. The molecule has 0 aliphatic heterocycles. The minimum absolute atomic E-state index is 0.393. The van der Waals surface area contributed by atoms with Crippen molar-refractivity contribution in [2.45, 2.75) is 13.8 Å². The van der Waals surface area contributed by atoms with Crippen LogP contribution in [0.5, 0.6) is 0 Å². The number of rotatable bonds is 5. The maximum absolute atomic E-state index is 11.9. The molecule has 0 saturated heterocycles. The molecule has 0 bridgehead atoms. The normalized spacial score (nSPS) is 11.9. The van der Waals surface area contributed by atoms with E-state index >= 15 is 0 Å².